The highest BCUT2D eigenvalue weighted by atomic mass is 32.2. The number of ether oxygens (including phenoxy) is 1. The Morgan fingerprint density at radius 1 is 1.03 bits per heavy atom. The van der Waals surface area contributed by atoms with Gasteiger partial charge >= 0.3 is 0 Å². The summed E-state index contributed by atoms with van der Waals surface area (Å²) in [5.74, 6) is 1.41. The van der Waals surface area contributed by atoms with E-state index in [2.05, 4.69) is 31.8 Å². The lowest BCUT2D eigenvalue weighted by molar-refractivity contribution is -0.384. The second-order valence-corrected chi connectivity index (χ2v) is 7.61. The number of nitro benzene ring substituents is 1. The average Bonchev–Trinajstić information content (AvgIpc) is 3.16. The Hall–Kier alpha value is -2.91. The van der Waals surface area contributed by atoms with Crippen molar-refractivity contribution in [1.29, 1.82) is 0 Å². The van der Waals surface area contributed by atoms with E-state index >= 15 is 0 Å². The molecular weight excluding hydrogens is 390 g/mol. The summed E-state index contributed by atoms with van der Waals surface area (Å²) < 4.78 is 7.58. The molecule has 0 saturated carbocycles. The van der Waals surface area contributed by atoms with Crippen molar-refractivity contribution in [3.05, 3.63) is 75.8 Å². The van der Waals surface area contributed by atoms with Gasteiger partial charge in [0, 0.05) is 31.0 Å². The zero-order valence-electron chi connectivity index (χ0n) is 15.8. The van der Waals surface area contributed by atoms with Gasteiger partial charge in [-0.2, -0.15) is 0 Å². The monoisotopic (exact) mass is 411 g/mol. The van der Waals surface area contributed by atoms with Gasteiger partial charge in [0.15, 0.2) is 5.16 Å². The van der Waals surface area contributed by atoms with Gasteiger partial charge in [-0.15, -0.1) is 10.2 Å². The first-order chi connectivity index (χ1) is 14.2. The van der Waals surface area contributed by atoms with Gasteiger partial charge in [-0.05, 0) is 11.1 Å². The van der Waals surface area contributed by atoms with Crippen LogP contribution >= 0.6 is 11.8 Å². The molecule has 9 heteroatoms. The molecule has 3 aromatic rings. The highest BCUT2D eigenvalue weighted by Crippen LogP contribution is 2.27. The predicted molar refractivity (Wildman–Crippen MR) is 111 cm³/mol. The minimum Gasteiger partial charge on any atom is -0.378 e. The van der Waals surface area contributed by atoms with Crippen molar-refractivity contribution >= 4 is 23.4 Å². The molecule has 8 nitrogen and oxygen atoms in total. The molecule has 0 bridgehead atoms. The fourth-order valence-corrected chi connectivity index (χ4v) is 4.07. The summed E-state index contributed by atoms with van der Waals surface area (Å²) in [5.41, 5.74) is 2.15. The van der Waals surface area contributed by atoms with E-state index in [4.69, 9.17) is 4.74 Å². The van der Waals surface area contributed by atoms with Crippen molar-refractivity contribution in [2.24, 2.45) is 0 Å². The Bertz CT molecular complexity index is 973. The smallest absolute Gasteiger partial charge is 0.269 e. The van der Waals surface area contributed by atoms with Gasteiger partial charge in [-0.3, -0.25) is 14.7 Å². The first-order valence-corrected chi connectivity index (χ1v) is 10.4. The fourth-order valence-electron chi connectivity index (χ4n) is 3.20. The molecule has 0 unspecified atom stereocenters. The summed E-state index contributed by atoms with van der Waals surface area (Å²) in [4.78, 5) is 12.8. The summed E-state index contributed by atoms with van der Waals surface area (Å²) >= 11 is 1.53. The maximum atomic E-state index is 11.0. The lowest BCUT2D eigenvalue weighted by Gasteiger charge is -2.28. The molecule has 0 aliphatic carbocycles. The molecule has 1 aliphatic heterocycles. The Balaban J connectivity index is 1.57. The summed E-state index contributed by atoms with van der Waals surface area (Å²) in [6.45, 7) is 3.57. The summed E-state index contributed by atoms with van der Waals surface area (Å²) in [5, 5.41) is 20.7. The van der Waals surface area contributed by atoms with Crippen molar-refractivity contribution in [2.75, 3.05) is 31.2 Å². The second kappa shape index (κ2) is 9.06. The first-order valence-electron chi connectivity index (χ1n) is 9.36. The molecule has 2 aromatic carbocycles. The van der Waals surface area contributed by atoms with E-state index in [9.17, 15) is 10.1 Å². The van der Waals surface area contributed by atoms with E-state index in [-0.39, 0.29) is 10.6 Å². The molecule has 2 heterocycles. The standard InChI is InChI=1S/C20H21N5O3S/c26-25(27)18-8-4-7-17(13-18)15-29-20-22-21-19(23-9-11-28-12-10-23)24(20)14-16-5-2-1-3-6-16/h1-8,13H,9-12,14-15H2. The van der Waals surface area contributed by atoms with Gasteiger partial charge in [0.05, 0.1) is 24.7 Å². The van der Waals surface area contributed by atoms with Crippen LogP contribution in [-0.4, -0.2) is 46.0 Å². The van der Waals surface area contributed by atoms with Gasteiger partial charge in [-0.25, -0.2) is 0 Å². The van der Waals surface area contributed by atoms with E-state index in [1.807, 2.05) is 24.3 Å². The summed E-state index contributed by atoms with van der Waals surface area (Å²) in [6, 6.07) is 16.9. The number of thioether (sulfide) groups is 1. The number of nitrogens with zero attached hydrogens (tertiary/aromatic N) is 5. The van der Waals surface area contributed by atoms with Crippen LogP contribution < -0.4 is 4.90 Å². The highest BCUT2D eigenvalue weighted by Gasteiger charge is 2.21. The van der Waals surface area contributed by atoms with Crippen molar-refractivity contribution in [3.8, 4) is 0 Å². The number of nitro groups is 1. The lowest BCUT2D eigenvalue weighted by atomic mass is 10.2. The normalized spacial score (nSPS) is 14.1. The first kappa shape index (κ1) is 19.4. The van der Waals surface area contributed by atoms with Gasteiger partial charge in [-0.1, -0.05) is 54.2 Å². The van der Waals surface area contributed by atoms with Crippen LogP contribution in [0.3, 0.4) is 0 Å². The zero-order valence-corrected chi connectivity index (χ0v) is 16.6. The fraction of sp³-hybridized carbons (Fsp3) is 0.300. The third-order valence-electron chi connectivity index (χ3n) is 4.66. The molecule has 0 radical (unpaired) electrons. The Labute approximate surface area is 172 Å². The number of aromatic nitrogens is 3. The van der Waals surface area contributed by atoms with E-state index in [0.717, 1.165) is 29.8 Å². The van der Waals surface area contributed by atoms with Crippen molar-refractivity contribution in [3.63, 3.8) is 0 Å². The maximum Gasteiger partial charge on any atom is 0.269 e. The van der Waals surface area contributed by atoms with Crippen LogP contribution in [-0.2, 0) is 17.0 Å². The predicted octanol–water partition coefficient (Wildman–Crippen LogP) is 3.36. The summed E-state index contributed by atoms with van der Waals surface area (Å²) in [6.07, 6.45) is 0. The quantitative estimate of drug-likeness (QED) is 0.335. The molecule has 0 atom stereocenters. The molecule has 1 saturated heterocycles. The highest BCUT2D eigenvalue weighted by molar-refractivity contribution is 7.98. The van der Waals surface area contributed by atoms with E-state index in [1.54, 1.807) is 12.1 Å². The van der Waals surface area contributed by atoms with Crippen LogP contribution in [0.5, 0.6) is 0 Å². The van der Waals surface area contributed by atoms with Crippen LogP contribution in [0.25, 0.3) is 0 Å². The van der Waals surface area contributed by atoms with E-state index in [0.29, 0.717) is 25.5 Å². The van der Waals surface area contributed by atoms with E-state index in [1.165, 1.54) is 23.4 Å². The van der Waals surface area contributed by atoms with Crippen LogP contribution in [0.1, 0.15) is 11.1 Å². The zero-order chi connectivity index (χ0) is 20.1. The molecule has 29 heavy (non-hydrogen) atoms. The number of anilines is 1. The number of non-ortho nitro benzene ring substituents is 1. The van der Waals surface area contributed by atoms with Crippen LogP contribution in [0.2, 0.25) is 0 Å². The van der Waals surface area contributed by atoms with Crippen LogP contribution in [0.4, 0.5) is 11.6 Å². The van der Waals surface area contributed by atoms with Gasteiger partial charge in [0.25, 0.3) is 5.69 Å². The Morgan fingerprint density at radius 2 is 1.79 bits per heavy atom. The molecule has 0 amide bonds. The number of rotatable bonds is 7. The Morgan fingerprint density at radius 3 is 2.55 bits per heavy atom. The number of hydrogen-bond acceptors (Lipinski definition) is 7. The van der Waals surface area contributed by atoms with Crippen molar-refractivity contribution in [1.82, 2.24) is 14.8 Å². The molecule has 0 spiro atoms. The molecule has 1 aliphatic rings. The van der Waals surface area contributed by atoms with Gasteiger partial charge in [0.2, 0.25) is 5.95 Å². The second-order valence-electron chi connectivity index (χ2n) is 6.67. The molecule has 1 aromatic heterocycles. The van der Waals surface area contributed by atoms with Gasteiger partial charge in [0.1, 0.15) is 0 Å². The Kier molecular flexibility index (Phi) is 6.06. The summed E-state index contributed by atoms with van der Waals surface area (Å²) in [7, 11) is 0. The molecule has 1 fully saturated rings. The third-order valence-corrected chi connectivity index (χ3v) is 5.70. The lowest BCUT2D eigenvalue weighted by Crippen LogP contribution is -2.38. The SMILES string of the molecule is O=[N+]([O-])c1cccc(CSc2nnc(N3CCOCC3)n2Cc2ccccc2)c1. The maximum absolute atomic E-state index is 11.0. The van der Waals surface area contributed by atoms with Crippen molar-refractivity contribution in [2.45, 2.75) is 17.5 Å². The number of morpholine rings is 1. The van der Waals surface area contributed by atoms with Crippen LogP contribution in [0.15, 0.2) is 59.8 Å². The minimum absolute atomic E-state index is 0.0999. The largest absolute Gasteiger partial charge is 0.378 e. The molecule has 0 N–H and O–H groups in total. The topological polar surface area (TPSA) is 86.3 Å². The average molecular weight is 411 g/mol. The molecule has 4 rings (SSSR count). The molecule has 150 valence electrons. The number of hydrogen-bond donors (Lipinski definition) is 0. The minimum atomic E-state index is -0.372. The number of benzene rings is 2. The van der Waals surface area contributed by atoms with Crippen molar-refractivity contribution < 1.29 is 9.66 Å². The van der Waals surface area contributed by atoms with Crippen LogP contribution in [0, 0.1) is 10.1 Å². The van der Waals surface area contributed by atoms with Gasteiger partial charge < -0.3 is 9.64 Å². The third kappa shape index (κ3) is 4.75. The molecular formula is C20H21N5O3S. The van der Waals surface area contributed by atoms with E-state index < -0.39 is 0 Å².